The smallest absolute Gasteiger partial charge is 0.408 e. The van der Waals surface area contributed by atoms with Crippen molar-refractivity contribution in [1.82, 2.24) is 5.32 Å². The van der Waals surface area contributed by atoms with Crippen molar-refractivity contribution in [2.24, 2.45) is 0 Å². The van der Waals surface area contributed by atoms with Gasteiger partial charge in [0.25, 0.3) is 0 Å². The molecule has 2 rings (SSSR count). The molecule has 0 bridgehead atoms. The molecule has 6 heteroatoms. The molecule has 2 aromatic rings. The molecule has 1 atom stereocenters. The van der Waals surface area contributed by atoms with Crippen LogP contribution < -0.4 is 5.32 Å². The lowest BCUT2D eigenvalue weighted by molar-refractivity contribution is -0.139. The number of rotatable bonds is 7. The minimum atomic E-state index is -1.20. The van der Waals surface area contributed by atoms with Gasteiger partial charge in [0.2, 0.25) is 0 Å². The second kappa shape index (κ2) is 8.47. The summed E-state index contributed by atoms with van der Waals surface area (Å²) >= 11 is 0. The number of carbonyl (C=O) groups is 3. The summed E-state index contributed by atoms with van der Waals surface area (Å²) in [4.78, 5) is 34.2. The Kier molecular flexibility index (Phi) is 6.08. The van der Waals surface area contributed by atoms with E-state index in [1.165, 1.54) is 0 Å². The first-order valence-corrected chi connectivity index (χ1v) is 7.33. The lowest BCUT2D eigenvalue weighted by Crippen LogP contribution is -2.42. The number of hydrogen-bond donors (Lipinski definition) is 2. The highest BCUT2D eigenvalue weighted by atomic mass is 16.5. The van der Waals surface area contributed by atoms with E-state index in [4.69, 9.17) is 4.74 Å². The number of alkyl carbamates (subject to hydrolysis) is 1. The molecule has 0 fully saturated rings. The molecule has 1 amide bonds. The van der Waals surface area contributed by atoms with E-state index >= 15 is 0 Å². The Balaban J connectivity index is 1.96. The number of hydrogen-bond acceptors (Lipinski definition) is 4. The van der Waals surface area contributed by atoms with Gasteiger partial charge >= 0.3 is 12.1 Å². The zero-order valence-corrected chi connectivity index (χ0v) is 12.8. The average Bonchev–Trinajstić information content (AvgIpc) is 2.60. The van der Waals surface area contributed by atoms with Gasteiger partial charge in [-0.3, -0.25) is 4.79 Å². The standard InChI is InChI=1S/C18H17NO5/c20-11-15-9-5-4-8-14(15)10-16(17(21)22)19-18(23)24-12-13-6-2-1-3-7-13/h1-9,11,16H,10,12H2,(H,19,23)(H,21,22). The van der Waals surface area contributed by atoms with Crippen LogP contribution in [0.3, 0.4) is 0 Å². The minimum Gasteiger partial charge on any atom is -0.480 e. The molecule has 0 spiro atoms. The van der Waals surface area contributed by atoms with Crippen LogP contribution in [-0.2, 0) is 22.6 Å². The van der Waals surface area contributed by atoms with Crippen LogP contribution in [-0.4, -0.2) is 29.5 Å². The SMILES string of the molecule is O=Cc1ccccc1CC(NC(=O)OCc1ccccc1)C(=O)O. The van der Waals surface area contributed by atoms with E-state index in [0.717, 1.165) is 5.56 Å². The Bertz CT molecular complexity index is 714. The van der Waals surface area contributed by atoms with E-state index in [-0.39, 0.29) is 13.0 Å². The number of amides is 1. The van der Waals surface area contributed by atoms with Crippen LogP contribution >= 0.6 is 0 Å². The van der Waals surface area contributed by atoms with E-state index in [2.05, 4.69) is 5.32 Å². The van der Waals surface area contributed by atoms with E-state index < -0.39 is 18.1 Å². The molecular formula is C18H17NO5. The van der Waals surface area contributed by atoms with Crippen molar-refractivity contribution >= 4 is 18.3 Å². The normalized spacial score (nSPS) is 11.3. The van der Waals surface area contributed by atoms with Gasteiger partial charge in [0.05, 0.1) is 0 Å². The Hall–Kier alpha value is -3.15. The van der Waals surface area contributed by atoms with Gasteiger partial charge in [0, 0.05) is 12.0 Å². The molecule has 0 heterocycles. The van der Waals surface area contributed by atoms with Crippen molar-refractivity contribution in [3.63, 3.8) is 0 Å². The van der Waals surface area contributed by atoms with Gasteiger partial charge in [-0.1, -0.05) is 54.6 Å². The molecule has 0 saturated carbocycles. The third kappa shape index (κ3) is 4.95. The maximum absolute atomic E-state index is 11.8. The summed E-state index contributed by atoms with van der Waals surface area (Å²) in [6, 6.07) is 14.5. The molecule has 0 aromatic heterocycles. The monoisotopic (exact) mass is 327 g/mol. The number of carboxylic acids is 1. The first-order chi connectivity index (χ1) is 11.6. The summed E-state index contributed by atoms with van der Waals surface area (Å²) in [6.45, 7) is 0.0456. The molecule has 24 heavy (non-hydrogen) atoms. The number of ether oxygens (including phenoxy) is 1. The number of aldehydes is 1. The summed E-state index contributed by atoms with van der Waals surface area (Å²) < 4.78 is 5.02. The molecule has 0 radical (unpaired) electrons. The molecule has 124 valence electrons. The summed E-state index contributed by atoms with van der Waals surface area (Å²) in [6.07, 6.45) is -0.179. The second-order valence-electron chi connectivity index (χ2n) is 5.12. The highest BCUT2D eigenvalue weighted by Gasteiger charge is 2.22. The molecule has 2 N–H and O–H groups in total. The van der Waals surface area contributed by atoms with Crippen molar-refractivity contribution in [1.29, 1.82) is 0 Å². The molecule has 0 aliphatic rings. The highest BCUT2D eigenvalue weighted by Crippen LogP contribution is 2.10. The van der Waals surface area contributed by atoms with Crippen LogP contribution in [0.15, 0.2) is 54.6 Å². The summed E-state index contributed by atoms with van der Waals surface area (Å²) in [5.74, 6) is -1.20. The van der Waals surface area contributed by atoms with E-state index in [1.54, 1.807) is 36.4 Å². The summed E-state index contributed by atoms with van der Waals surface area (Å²) in [7, 11) is 0. The first-order valence-electron chi connectivity index (χ1n) is 7.33. The van der Waals surface area contributed by atoms with Crippen molar-refractivity contribution in [3.8, 4) is 0 Å². The quantitative estimate of drug-likeness (QED) is 0.762. The van der Waals surface area contributed by atoms with Crippen molar-refractivity contribution in [3.05, 3.63) is 71.3 Å². The molecule has 1 unspecified atom stereocenters. The first kappa shape index (κ1) is 17.2. The number of aliphatic carboxylic acids is 1. The largest absolute Gasteiger partial charge is 0.480 e. The average molecular weight is 327 g/mol. The number of carboxylic acid groups (broad SMARTS) is 1. The van der Waals surface area contributed by atoms with Crippen molar-refractivity contribution < 1.29 is 24.2 Å². The number of carbonyl (C=O) groups excluding carboxylic acids is 2. The summed E-state index contributed by atoms with van der Waals surface area (Å²) in [5, 5.41) is 11.6. The van der Waals surface area contributed by atoms with Gasteiger partial charge in [0.15, 0.2) is 0 Å². The fraction of sp³-hybridized carbons (Fsp3) is 0.167. The Morgan fingerprint density at radius 3 is 2.42 bits per heavy atom. The Labute approximate surface area is 139 Å². The van der Waals surface area contributed by atoms with Gasteiger partial charge in [-0.25, -0.2) is 9.59 Å². The lowest BCUT2D eigenvalue weighted by atomic mass is 10.0. The lowest BCUT2D eigenvalue weighted by Gasteiger charge is -2.15. The third-order valence-electron chi connectivity index (χ3n) is 3.41. The Morgan fingerprint density at radius 2 is 1.75 bits per heavy atom. The van der Waals surface area contributed by atoms with Crippen LogP contribution in [0.25, 0.3) is 0 Å². The van der Waals surface area contributed by atoms with E-state index in [0.29, 0.717) is 17.4 Å². The molecule has 6 nitrogen and oxygen atoms in total. The van der Waals surface area contributed by atoms with Gasteiger partial charge in [-0.15, -0.1) is 0 Å². The fourth-order valence-corrected chi connectivity index (χ4v) is 2.16. The molecule has 0 aliphatic carbocycles. The van der Waals surface area contributed by atoms with Gasteiger partial charge in [-0.2, -0.15) is 0 Å². The number of nitrogens with one attached hydrogen (secondary N) is 1. The zero-order valence-electron chi connectivity index (χ0n) is 12.8. The topological polar surface area (TPSA) is 92.7 Å². The molecular weight excluding hydrogens is 310 g/mol. The highest BCUT2D eigenvalue weighted by molar-refractivity contribution is 5.82. The maximum atomic E-state index is 11.8. The van der Waals surface area contributed by atoms with Crippen molar-refractivity contribution in [2.75, 3.05) is 0 Å². The van der Waals surface area contributed by atoms with Gasteiger partial charge in [0.1, 0.15) is 18.9 Å². The second-order valence-corrected chi connectivity index (χ2v) is 5.12. The van der Waals surface area contributed by atoms with Gasteiger partial charge < -0.3 is 15.2 Å². The molecule has 0 aliphatic heterocycles. The third-order valence-corrected chi connectivity index (χ3v) is 3.41. The van der Waals surface area contributed by atoms with Crippen LogP contribution in [0.2, 0.25) is 0 Å². The zero-order chi connectivity index (χ0) is 17.4. The van der Waals surface area contributed by atoms with Crippen LogP contribution in [0.4, 0.5) is 4.79 Å². The Morgan fingerprint density at radius 1 is 1.08 bits per heavy atom. The van der Waals surface area contributed by atoms with Crippen LogP contribution in [0.5, 0.6) is 0 Å². The van der Waals surface area contributed by atoms with Gasteiger partial charge in [-0.05, 0) is 11.1 Å². The maximum Gasteiger partial charge on any atom is 0.408 e. The van der Waals surface area contributed by atoms with Crippen molar-refractivity contribution in [2.45, 2.75) is 19.1 Å². The number of benzene rings is 2. The fourth-order valence-electron chi connectivity index (χ4n) is 2.16. The minimum absolute atomic E-state index is 0.00924. The molecule has 2 aromatic carbocycles. The predicted octanol–water partition coefficient (Wildman–Crippen LogP) is 2.42. The summed E-state index contributed by atoms with van der Waals surface area (Å²) in [5.41, 5.74) is 1.73. The van der Waals surface area contributed by atoms with E-state index in [1.807, 2.05) is 18.2 Å². The van der Waals surface area contributed by atoms with E-state index in [9.17, 15) is 19.5 Å². The van der Waals surface area contributed by atoms with Crippen LogP contribution in [0.1, 0.15) is 21.5 Å². The predicted molar refractivity (Wildman–Crippen MR) is 86.7 cm³/mol. The van der Waals surface area contributed by atoms with Crippen LogP contribution in [0, 0.1) is 0 Å². The molecule has 0 saturated heterocycles.